The van der Waals surface area contributed by atoms with E-state index in [1.165, 1.54) is 12.3 Å². The van der Waals surface area contributed by atoms with Crippen molar-refractivity contribution in [2.24, 2.45) is 0 Å². The number of carbonyl (C=O) groups excluding carboxylic acids is 1. The zero-order valence-electron chi connectivity index (χ0n) is 16.5. The number of nitrogens with one attached hydrogen (secondary N) is 1. The standard InChI is InChI=1S/C21H16Cl2IN7O/c22-14-7-16(26-9-15(14)23)21(32)28-13-6-17(12-2-1-5-25-8-12)30(11-13)20-4-3-19-27-10-18(24)31(19)29-20/h1-5,7-10,13,17H,6,11H2,(H,28,32)/t13-,17+/m0/s1. The molecule has 1 fully saturated rings. The molecule has 0 spiro atoms. The minimum atomic E-state index is -0.298. The van der Waals surface area contributed by atoms with Gasteiger partial charge in [0.2, 0.25) is 0 Å². The lowest BCUT2D eigenvalue weighted by Gasteiger charge is -2.25. The van der Waals surface area contributed by atoms with Crippen LogP contribution in [0.1, 0.15) is 28.5 Å². The summed E-state index contributed by atoms with van der Waals surface area (Å²) in [7, 11) is 0. The predicted molar refractivity (Wildman–Crippen MR) is 130 cm³/mol. The molecule has 5 rings (SSSR count). The Morgan fingerprint density at radius 1 is 1.12 bits per heavy atom. The van der Waals surface area contributed by atoms with E-state index in [0.717, 1.165) is 20.7 Å². The average molecular weight is 580 g/mol. The maximum absolute atomic E-state index is 12.8. The molecule has 1 saturated heterocycles. The molecule has 1 aliphatic rings. The molecule has 0 unspecified atom stereocenters. The Morgan fingerprint density at radius 2 is 2.00 bits per heavy atom. The van der Waals surface area contributed by atoms with Crippen LogP contribution in [0.4, 0.5) is 5.82 Å². The minimum absolute atomic E-state index is 0.00176. The summed E-state index contributed by atoms with van der Waals surface area (Å²) in [6.07, 6.45) is 7.45. The molecule has 4 aromatic rings. The molecule has 0 aliphatic carbocycles. The van der Waals surface area contributed by atoms with Gasteiger partial charge in [0, 0.05) is 31.2 Å². The number of anilines is 1. The van der Waals surface area contributed by atoms with Crippen molar-refractivity contribution in [3.63, 3.8) is 0 Å². The summed E-state index contributed by atoms with van der Waals surface area (Å²) in [6, 6.07) is 9.19. The Balaban J connectivity index is 1.44. The maximum Gasteiger partial charge on any atom is 0.270 e. The molecule has 0 saturated carbocycles. The molecule has 5 heterocycles. The van der Waals surface area contributed by atoms with Crippen LogP contribution >= 0.6 is 45.8 Å². The lowest BCUT2D eigenvalue weighted by molar-refractivity contribution is 0.0935. The minimum Gasteiger partial charge on any atom is -0.346 e. The molecule has 1 N–H and O–H groups in total. The van der Waals surface area contributed by atoms with Gasteiger partial charge >= 0.3 is 0 Å². The highest BCUT2D eigenvalue weighted by Gasteiger charge is 2.35. The third-order valence-electron chi connectivity index (χ3n) is 5.35. The van der Waals surface area contributed by atoms with Crippen LogP contribution in [0.2, 0.25) is 10.0 Å². The third kappa shape index (κ3) is 4.12. The second-order valence-electron chi connectivity index (χ2n) is 7.39. The van der Waals surface area contributed by atoms with Gasteiger partial charge in [-0.25, -0.2) is 14.5 Å². The van der Waals surface area contributed by atoms with E-state index in [2.05, 4.69) is 47.8 Å². The predicted octanol–water partition coefficient (Wildman–Crippen LogP) is 4.18. The first-order valence-corrected chi connectivity index (χ1v) is 11.6. The van der Waals surface area contributed by atoms with E-state index in [1.54, 1.807) is 12.4 Å². The molecule has 0 radical (unpaired) electrons. The number of fused-ring (bicyclic) bond motifs is 1. The van der Waals surface area contributed by atoms with Gasteiger partial charge in [-0.15, -0.1) is 5.10 Å². The van der Waals surface area contributed by atoms with Crippen LogP contribution in [0.5, 0.6) is 0 Å². The summed E-state index contributed by atoms with van der Waals surface area (Å²) >= 11 is 14.2. The Kier molecular flexibility index (Phi) is 5.87. The van der Waals surface area contributed by atoms with Gasteiger partial charge in [0.25, 0.3) is 5.91 Å². The Hall–Kier alpha value is -2.50. The Labute approximate surface area is 207 Å². The number of rotatable bonds is 4. The van der Waals surface area contributed by atoms with E-state index in [9.17, 15) is 4.79 Å². The zero-order valence-corrected chi connectivity index (χ0v) is 20.2. The molecule has 2 atom stereocenters. The molecular formula is C21H16Cl2IN7O. The number of hydrogen-bond donors (Lipinski definition) is 1. The summed E-state index contributed by atoms with van der Waals surface area (Å²) in [4.78, 5) is 27.7. The van der Waals surface area contributed by atoms with Gasteiger partial charge in [0.15, 0.2) is 5.65 Å². The van der Waals surface area contributed by atoms with Gasteiger partial charge in [-0.05, 0) is 58.8 Å². The normalized spacial score (nSPS) is 18.3. The molecular weight excluding hydrogens is 564 g/mol. The van der Waals surface area contributed by atoms with Crippen molar-refractivity contribution in [2.75, 3.05) is 11.4 Å². The summed E-state index contributed by atoms with van der Waals surface area (Å²) < 4.78 is 2.73. The van der Waals surface area contributed by atoms with E-state index in [1.807, 2.05) is 35.0 Å². The first kappa shape index (κ1) is 21.4. The molecule has 4 aromatic heterocycles. The van der Waals surface area contributed by atoms with Gasteiger partial charge in [-0.2, -0.15) is 0 Å². The summed E-state index contributed by atoms with van der Waals surface area (Å²) in [5.41, 5.74) is 2.06. The van der Waals surface area contributed by atoms with Crippen molar-refractivity contribution in [3.05, 3.63) is 80.1 Å². The fourth-order valence-corrected chi connectivity index (χ4v) is 4.62. The van der Waals surface area contributed by atoms with Gasteiger partial charge in [-0.3, -0.25) is 9.78 Å². The fraction of sp³-hybridized carbons (Fsp3) is 0.190. The number of imidazole rings is 1. The molecule has 1 aliphatic heterocycles. The molecule has 0 bridgehead atoms. The van der Waals surface area contributed by atoms with Gasteiger partial charge in [0.1, 0.15) is 15.2 Å². The van der Waals surface area contributed by atoms with Crippen molar-refractivity contribution in [1.82, 2.24) is 29.9 Å². The largest absolute Gasteiger partial charge is 0.346 e. The second-order valence-corrected chi connectivity index (χ2v) is 9.31. The topological polar surface area (TPSA) is 88.3 Å². The highest BCUT2D eigenvalue weighted by Crippen LogP contribution is 2.35. The highest BCUT2D eigenvalue weighted by molar-refractivity contribution is 14.1. The quantitative estimate of drug-likeness (QED) is 0.365. The van der Waals surface area contributed by atoms with E-state index in [0.29, 0.717) is 23.0 Å². The number of halogens is 3. The van der Waals surface area contributed by atoms with Gasteiger partial charge < -0.3 is 10.2 Å². The fourth-order valence-electron chi connectivity index (χ4n) is 3.87. The van der Waals surface area contributed by atoms with E-state index in [-0.39, 0.29) is 23.7 Å². The lowest BCUT2D eigenvalue weighted by atomic mass is 10.1. The van der Waals surface area contributed by atoms with Crippen molar-refractivity contribution in [3.8, 4) is 0 Å². The van der Waals surface area contributed by atoms with Crippen LogP contribution in [-0.2, 0) is 0 Å². The van der Waals surface area contributed by atoms with Crippen LogP contribution in [0.3, 0.4) is 0 Å². The third-order valence-corrected chi connectivity index (χ3v) is 6.79. The average Bonchev–Trinajstić information content (AvgIpc) is 3.39. The molecule has 11 heteroatoms. The molecule has 1 amide bonds. The summed E-state index contributed by atoms with van der Waals surface area (Å²) in [5, 5.41) is 8.45. The first-order valence-electron chi connectivity index (χ1n) is 9.78. The zero-order chi connectivity index (χ0) is 22.2. The van der Waals surface area contributed by atoms with Gasteiger partial charge in [0.05, 0.1) is 22.3 Å². The number of nitrogens with zero attached hydrogens (tertiary/aromatic N) is 6. The van der Waals surface area contributed by atoms with E-state index >= 15 is 0 Å². The Bertz CT molecular complexity index is 1300. The van der Waals surface area contributed by atoms with Crippen molar-refractivity contribution < 1.29 is 4.79 Å². The Morgan fingerprint density at radius 3 is 2.78 bits per heavy atom. The van der Waals surface area contributed by atoms with Crippen molar-refractivity contribution in [2.45, 2.75) is 18.5 Å². The summed E-state index contributed by atoms with van der Waals surface area (Å²) in [5.74, 6) is 0.500. The molecule has 8 nitrogen and oxygen atoms in total. The van der Waals surface area contributed by atoms with Crippen molar-refractivity contribution in [1.29, 1.82) is 0 Å². The maximum atomic E-state index is 12.8. The van der Waals surface area contributed by atoms with Gasteiger partial charge in [-0.1, -0.05) is 29.3 Å². The second kappa shape index (κ2) is 8.80. The first-order chi connectivity index (χ1) is 15.5. The number of pyridine rings is 2. The SMILES string of the molecule is O=C(N[C@H]1C[C@H](c2cccnc2)N(c2ccc3ncc(I)n3n2)C1)c1cc(Cl)c(Cl)cn1. The lowest BCUT2D eigenvalue weighted by Crippen LogP contribution is -2.37. The monoisotopic (exact) mass is 579 g/mol. The number of aromatic nitrogens is 5. The smallest absolute Gasteiger partial charge is 0.270 e. The van der Waals surface area contributed by atoms with E-state index in [4.69, 9.17) is 28.3 Å². The molecule has 0 aromatic carbocycles. The number of hydrogen-bond acceptors (Lipinski definition) is 6. The number of carbonyl (C=O) groups is 1. The van der Waals surface area contributed by atoms with Crippen LogP contribution in [-0.4, -0.2) is 43.1 Å². The van der Waals surface area contributed by atoms with Crippen LogP contribution in [0.15, 0.2) is 55.1 Å². The summed E-state index contributed by atoms with van der Waals surface area (Å²) in [6.45, 7) is 0.580. The highest BCUT2D eigenvalue weighted by atomic mass is 127. The van der Waals surface area contributed by atoms with Crippen LogP contribution in [0, 0.1) is 3.70 Å². The number of amides is 1. The van der Waals surface area contributed by atoms with Crippen LogP contribution in [0.25, 0.3) is 5.65 Å². The molecule has 162 valence electrons. The molecule has 32 heavy (non-hydrogen) atoms. The van der Waals surface area contributed by atoms with Crippen LogP contribution < -0.4 is 10.2 Å². The van der Waals surface area contributed by atoms with E-state index < -0.39 is 0 Å². The van der Waals surface area contributed by atoms with Crippen molar-refractivity contribution >= 4 is 63.2 Å².